The smallest absolute Gasteiger partial charge is 0.310 e. The van der Waals surface area contributed by atoms with Gasteiger partial charge in [-0.15, -0.1) is 0 Å². The number of sulfone groups is 1. The van der Waals surface area contributed by atoms with Crippen molar-refractivity contribution in [3.8, 4) is 0 Å². The summed E-state index contributed by atoms with van der Waals surface area (Å²) < 4.78 is 23.3. The van der Waals surface area contributed by atoms with Gasteiger partial charge in [-0.3, -0.25) is 10.1 Å². The maximum absolute atomic E-state index is 11.6. The lowest BCUT2D eigenvalue weighted by Crippen LogP contribution is -2.10. The van der Waals surface area contributed by atoms with Crippen LogP contribution in [0.4, 0.5) is 11.4 Å². The van der Waals surface area contributed by atoms with Crippen LogP contribution < -0.4 is 5.32 Å². The van der Waals surface area contributed by atoms with Crippen molar-refractivity contribution >= 4 is 21.2 Å². The first-order valence-electron chi connectivity index (χ1n) is 6.58. The molecule has 2 unspecified atom stereocenters. The topological polar surface area (TPSA) is 89.3 Å². The largest absolute Gasteiger partial charge is 0.376 e. The number of hydrogen-bond acceptors (Lipinski definition) is 5. The van der Waals surface area contributed by atoms with Crippen LogP contribution in [-0.4, -0.2) is 25.6 Å². The second-order valence-corrected chi connectivity index (χ2v) is 7.20. The van der Waals surface area contributed by atoms with Gasteiger partial charge in [0.15, 0.2) is 9.84 Å². The number of benzene rings is 1. The van der Waals surface area contributed by atoms with Crippen LogP contribution in [0.1, 0.15) is 26.2 Å². The number of hydrogen-bond donors (Lipinski definition) is 1. The molecule has 0 radical (unpaired) electrons. The Kier molecular flexibility index (Phi) is 3.99. The summed E-state index contributed by atoms with van der Waals surface area (Å²) in [5.41, 5.74) is -0.0568. The highest BCUT2D eigenvalue weighted by molar-refractivity contribution is 7.90. The summed E-state index contributed by atoms with van der Waals surface area (Å²) in [5, 5.41) is 14.3. The minimum Gasteiger partial charge on any atom is -0.376 e. The third kappa shape index (κ3) is 3.09. The molecule has 0 amide bonds. The number of para-hydroxylation sites is 1. The van der Waals surface area contributed by atoms with E-state index in [2.05, 4.69) is 12.2 Å². The van der Waals surface area contributed by atoms with Gasteiger partial charge in [0, 0.05) is 12.3 Å². The van der Waals surface area contributed by atoms with Gasteiger partial charge in [0.1, 0.15) is 10.6 Å². The average Bonchev–Trinajstić information content (AvgIpc) is 3.06. The molecule has 1 saturated carbocycles. The van der Waals surface area contributed by atoms with Crippen molar-refractivity contribution in [2.75, 3.05) is 11.6 Å². The average molecular weight is 298 g/mol. The summed E-state index contributed by atoms with van der Waals surface area (Å²) in [6.07, 6.45) is 4.12. The quantitative estimate of drug-likeness (QED) is 0.644. The Labute approximate surface area is 118 Å². The summed E-state index contributed by atoms with van der Waals surface area (Å²) in [6.45, 7) is 2.10. The van der Waals surface area contributed by atoms with Crippen LogP contribution in [0.15, 0.2) is 23.1 Å². The van der Waals surface area contributed by atoms with Gasteiger partial charge in [0.05, 0.1) is 4.92 Å². The molecule has 2 atom stereocenters. The van der Waals surface area contributed by atoms with Gasteiger partial charge in [-0.1, -0.05) is 19.4 Å². The number of nitro benzene ring substituents is 1. The van der Waals surface area contributed by atoms with Crippen molar-refractivity contribution in [3.63, 3.8) is 0 Å². The molecule has 1 aromatic rings. The van der Waals surface area contributed by atoms with Crippen LogP contribution in [0.5, 0.6) is 0 Å². The van der Waals surface area contributed by atoms with E-state index >= 15 is 0 Å². The highest BCUT2D eigenvalue weighted by Gasteiger charge is 2.38. The lowest BCUT2D eigenvalue weighted by Gasteiger charge is -2.09. The molecule has 2 rings (SSSR count). The third-order valence-electron chi connectivity index (χ3n) is 3.50. The highest BCUT2D eigenvalue weighted by Crippen LogP contribution is 2.40. The van der Waals surface area contributed by atoms with Gasteiger partial charge in [-0.25, -0.2) is 8.42 Å². The Hall–Kier alpha value is -1.63. The Morgan fingerprint density at radius 1 is 1.45 bits per heavy atom. The van der Waals surface area contributed by atoms with E-state index in [0.29, 0.717) is 11.6 Å². The maximum Gasteiger partial charge on any atom is 0.310 e. The first kappa shape index (κ1) is 14.8. The van der Waals surface area contributed by atoms with Crippen molar-refractivity contribution in [2.24, 2.45) is 5.92 Å². The number of nitro groups is 1. The van der Waals surface area contributed by atoms with Crippen LogP contribution in [0.25, 0.3) is 0 Å². The van der Waals surface area contributed by atoms with E-state index in [4.69, 9.17) is 0 Å². The van der Waals surface area contributed by atoms with E-state index in [1.807, 2.05) is 0 Å². The fraction of sp³-hybridized carbons (Fsp3) is 0.538. The summed E-state index contributed by atoms with van der Waals surface area (Å²) in [6, 6.07) is 4.58. The van der Waals surface area contributed by atoms with Gasteiger partial charge >= 0.3 is 5.69 Å². The van der Waals surface area contributed by atoms with Crippen LogP contribution in [0, 0.1) is 16.0 Å². The molecule has 0 bridgehead atoms. The zero-order valence-electron chi connectivity index (χ0n) is 11.5. The fourth-order valence-corrected chi connectivity index (χ4v) is 3.30. The van der Waals surface area contributed by atoms with Gasteiger partial charge in [0.2, 0.25) is 0 Å². The Morgan fingerprint density at radius 3 is 2.70 bits per heavy atom. The SMILES string of the molecule is CCCC1CC1Nc1cccc(S(C)(=O)=O)c1[N+](=O)[O-]. The molecular weight excluding hydrogens is 280 g/mol. The van der Waals surface area contributed by atoms with Gasteiger partial charge in [-0.2, -0.15) is 0 Å². The van der Waals surface area contributed by atoms with Crippen LogP contribution in [-0.2, 0) is 9.84 Å². The molecule has 1 aliphatic rings. The molecule has 0 saturated heterocycles. The molecule has 0 heterocycles. The number of anilines is 1. The van der Waals surface area contributed by atoms with Crippen molar-refractivity contribution < 1.29 is 13.3 Å². The fourth-order valence-electron chi connectivity index (χ4n) is 2.44. The van der Waals surface area contributed by atoms with Crippen LogP contribution >= 0.6 is 0 Å². The normalized spacial score (nSPS) is 21.5. The third-order valence-corrected chi connectivity index (χ3v) is 4.63. The maximum atomic E-state index is 11.6. The molecule has 0 aromatic heterocycles. The Morgan fingerprint density at radius 2 is 2.15 bits per heavy atom. The van der Waals surface area contributed by atoms with Crippen molar-refractivity contribution in [1.82, 2.24) is 0 Å². The molecule has 1 aromatic carbocycles. The number of nitrogens with zero attached hydrogens (tertiary/aromatic N) is 1. The van der Waals surface area contributed by atoms with E-state index < -0.39 is 14.8 Å². The first-order valence-corrected chi connectivity index (χ1v) is 8.47. The molecule has 0 aliphatic heterocycles. The van der Waals surface area contributed by atoms with Crippen molar-refractivity contribution in [3.05, 3.63) is 28.3 Å². The van der Waals surface area contributed by atoms with Crippen LogP contribution in [0.2, 0.25) is 0 Å². The van der Waals surface area contributed by atoms with Gasteiger partial charge in [-0.05, 0) is 30.9 Å². The Balaban J connectivity index is 2.32. The summed E-state index contributed by atoms with van der Waals surface area (Å²) >= 11 is 0. The number of rotatable bonds is 6. The lowest BCUT2D eigenvalue weighted by atomic mass is 10.2. The molecule has 0 spiro atoms. The summed E-state index contributed by atoms with van der Waals surface area (Å²) in [7, 11) is -3.62. The minimum atomic E-state index is -3.62. The van der Waals surface area contributed by atoms with Crippen molar-refractivity contribution in [2.45, 2.75) is 37.1 Å². The summed E-state index contributed by atoms with van der Waals surface area (Å²) in [4.78, 5) is 10.3. The van der Waals surface area contributed by atoms with Crippen molar-refractivity contribution in [1.29, 1.82) is 0 Å². The number of nitrogens with one attached hydrogen (secondary N) is 1. The van der Waals surface area contributed by atoms with E-state index in [1.165, 1.54) is 12.1 Å². The molecule has 6 nitrogen and oxygen atoms in total. The lowest BCUT2D eigenvalue weighted by molar-refractivity contribution is -0.386. The zero-order chi connectivity index (χ0) is 14.9. The monoisotopic (exact) mass is 298 g/mol. The predicted octanol–water partition coefficient (Wildman–Crippen LogP) is 2.60. The molecular formula is C13H18N2O4S. The van der Waals surface area contributed by atoms with Crippen LogP contribution in [0.3, 0.4) is 0 Å². The Bertz CT molecular complexity index is 627. The molecule has 1 N–H and O–H groups in total. The van der Waals surface area contributed by atoms with E-state index in [-0.39, 0.29) is 16.6 Å². The zero-order valence-corrected chi connectivity index (χ0v) is 12.3. The van der Waals surface area contributed by atoms with E-state index in [0.717, 1.165) is 25.5 Å². The molecule has 1 fully saturated rings. The molecule has 110 valence electrons. The van der Waals surface area contributed by atoms with Gasteiger partial charge < -0.3 is 5.32 Å². The predicted molar refractivity (Wildman–Crippen MR) is 76.6 cm³/mol. The molecule has 7 heteroatoms. The minimum absolute atomic E-state index is 0.212. The van der Waals surface area contributed by atoms with Gasteiger partial charge in [0.25, 0.3) is 0 Å². The standard InChI is InChI=1S/C13H18N2O4S/c1-3-5-9-8-11(9)14-10-6-4-7-12(20(2,18)19)13(10)15(16)17/h4,6-7,9,11,14H,3,5,8H2,1-2H3. The molecule has 1 aliphatic carbocycles. The second kappa shape index (κ2) is 5.40. The van der Waals surface area contributed by atoms with E-state index in [1.54, 1.807) is 6.07 Å². The second-order valence-electron chi connectivity index (χ2n) is 5.22. The first-order chi connectivity index (χ1) is 9.34. The summed E-state index contributed by atoms with van der Waals surface area (Å²) in [5.74, 6) is 0.529. The van der Waals surface area contributed by atoms with E-state index in [9.17, 15) is 18.5 Å². The highest BCUT2D eigenvalue weighted by atomic mass is 32.2. The molecule has 20 heavy (non-hydrogen) atoms.